The second-order valence-electron chi connectivity index (χ2n) is 7.42. The van der Waals surface area contributed by atoms with Crippen LogP contribution >= 0.6 is 0 Å². The lowest BCUT2D eigenvalue weighted by molar-refractivity contribution is -0.131. The van der Waals surface area contributed by atoms with Crippen molar-refractivity contribution in [2.45, 2.75) is 20.0 Å². The molecule has 10 heteroatoms. The quantitative estimate of drug-likeness (QED) is 0.578. The second kappa shape index (κ2) is 9.70. The van der Waals surface area contributed by atoms with Crippen molar-refractivity contribution in [2.75, 3.05) is 31.8 Å². The number of hydrogen-bond donors (Lipinski definition) is 1. The van der Waals surface area contributed by atoms with Crippen LogP contribution in [0.4, 0.5) is 5.69 Å². The number of benzene rings is 2. The number of anilines is 1. The zero-order valence-corrected chi connectivity index (χ0v) is 18.4. The third-order valence-corrected chi connectivity index (χ3v) is 5.19. The van der Waals surface area contributed by atoms with E-state index in [1.165, 1.54) is 12.0 Å². The van der Waals surface area contributed by atoms with Crippen LogP contribution in [0.2, 0.25) is 0 Å². The molecule has 2 amide bonds. The van der Waals surface area contributed by atoms with E-state index in [1.807, 2.05) is 24.3 Å². The van der Waals surface area contributed by atoms with Crippen LogP contribution in [0.1, 0.15) is 27.7 Å². The highest BCUT2D eigenvalue weighted by atomic mass is 16.5. The van der Waals surface area contributed by atoms with E-state index >= 15 is 0 Å². The molecule has 0 bridgehead atoms. The maximum absolute atomic E-state index is 13.6. The molecule has 0 aliphatic carbocycles. The van der Waals surface area contributed by atoms with Crippen molar-refractivity contribution >= 4 is 17.5 Å². The first kappa shape index (κ1) is 22.3. The molecule has 0 saturated heterocycles. The first-order valence-electron chi connectivity index (χ1n) is 10.4. The van der Waals surface area contributed by atoms with Crippen molar-refractivity contribution in [1.29, 1.82) is 0 Å². The molecule has 3 aromatic rings. The fourth-order valence-electron chi connectivity index (χ4n) is 3.66. The Balaban J connectivity index is 1.65. The summed E-state index contributed by atoms with van der Waals surface area (Å²) in [6.07, 6.45) is 0. The van der Waals surface area contributed by atoms with Crippen molar-refractivity contribution in [3.8, 4) is 11.5 Å². The number of rotatable bonds is 7. The van der Waals surface area contributed by atoms with Gasteiger partial charge in [-0.1, -0.05) is 18.2 Å². The molecule has 0 atom stereocenters. The third kappa shape index (κ3) is 4.80. The highest BCUT2D eigenvalue weighted by Gasteiger charge is 2.31. The number of aryl methyl sites for hydroxylation is 1. The minimum absolute atomic E-state index is 0.125. The second-order valence-corrected chi connectivity index (χ2v) is 7.42. The Labute approximate surface area is 190 Å². The summed E-state index contributed by atoms with van der Waals surface area (Å²) in [5.74, 6) is 0.893. The van der Waals surface area contributed by atoms with Gasteiger partial charge in [-0.2, -0.15) is 0 Å². The molecule has 1 aliphatic heterocycles. The van der Waals surface area contributed by atoms with Gasteiger partial charge in [0.2, 0.25) is 17.7 Å². The number of methoxy groups -OCH3 is 1. The fourth-order valence-corrected chi connectivity index (χ4v) is 3.66. The topological polar surface area (TPSA) is 118 Å². The summed E-state index contributed by atoms with van der Waals surface area (Å²) >= 11 is 0. The van der Waals surface area contributed by atoms with Gasteiger partial charge in [0, 0.05) is 25.2 Å². The number of fused-ring (bicyclic) bond motifs is 1. The molecule has 2 heterocycles. The van der Waals surface area contributed by atoms with Crippen LogP contribution in [0.15, 0.2) is 46.9 Å². The van der Waals surface area contributed by atoms with Crippen LogP contribution in [0.5, 0.6) is 11.5 Å². The summed E-state index contributed by atoms with van der Waals surface area (Å²) in [5, 5.41) is 16.8. The van der Waals surface area contributed by atoms with Crippen molar-refractivity contribution in [1.82, 2.24) is 15.1 Å². The van der Waals surface area contributed by atoms with E-state index in [9.17, 15) is 9.59 Å². The Bertz CT molecular complexity index is 1160. The Morgan fingerprint density at radius 3 is 2.73 bits per heavy atom. The largest absolute Gasteiger partial charge is 0.496 e. The molecule has 4 rings (SSSR count). The van der Waals surface area contributed by atoms with Gasteiger partial charge in [0.05, 0.1) is 25.8 Å². The number of hydrogen-bond acceptors (Lipinski definition) is 8. The molecule has 1 aliphatic rings. The van der Waals surface area contributed by atoms with Gasteiger partial charge >= 0.3 is 0 Å². The highest BCUT2D eigenvalue weighted by molar-refractivity contribution is 6.11. The minimum Gasteiger partial charge on any atom is -0.496 e. The molecule has 0 saturated carbocycles. The predicted molar refractivity (Wildman–Crippen MR) is 117 cm³/mol. The fraction of sp³-hybridized carbons (Fsp3) is 0.304. The summed E-state index contributed by atoms with van der Waals surface area (Å²) in [6.45, 7) is 1.97. The van der Waals surface area contributed by atoms with Gasteiger partial charge < -0.3 is 23.9 Å². The molecule has 0 fully saturated rings. The molecule has 1 N–H and O–H groups in total. The molecule has 2 aromatic carbocycles. The number of nitrogens with zero attached hydrogens (tertiary/aromatic N) is 4. The van der Waals surface area contributed by atoms with E-state index in [0.29, 0.717) is 35.5 Å². The van der Waals surface area contributed by atoms with Gasteiger partial charge in [-0.05, 0) is 23.8 Å². The molecule has 0 radical (unpaired) electrons. The molecular formula is C23H24N4O6. The molecule has 10 nitrogen and oxygen atoms in total. The number of ether oxygens (including phenoxy) is 2. The number of carbonyl (C=O) groups is 2. The lowest BCUT2D eigenvalue weighted by Gasteiger charge is -2.23. The van der Waals surface area contributed by atoms with Crippen molar-refractivity contribution in [3.05, 3.63) is 65.4 Å². The van der Waals surface area contributed by atoms with Crippen LogP contribution in [0.25, 0.3) is 0 Å². The Morgan fingerprint density at radius 1 is 1.18 bits per heavy atom. The smallest absolute Gasteiger partial charge is 0.262 e. The summed E-state index contributed by atoms with van der Waals surface area (Å²) in [5.41, 5.74) is 1.75. The third-order valence-electron chi connectivity index (χ3n) is 5.19. The van der Waals surface area contributed by atoms with Crippen LogP contribution in [-0.2, 0) is 17.9 Å². The summed E-state index contributed by atoms with van der Waals surface area (Å²) in [6, 6.07) is 12.2. The average Bonchev–Trinajstić information content (AvgIpc) is 3.18. The van der Waals surface area contributed by atoms with Crippen LogP contribution in [-0.4, -0.2) is 58.9 Å². The van der Waals surface area contributed by atoms with Gasteiger partial charge in [-0.15, -0.1) is 10.2 Å². The minimum atomic E-state index is -0.378. The van der Waals surface area contributed by atoms with Crippen LogP contribution in [0, 0.1) is 6.92 Å². The molecule has 1 aromatic heterocycles. The van der Waals surface area contributed by atoms with Crippen molar-refractivity contribution < 1.29 is 28.6 Å². The summed E-state index contributed by atoms with van der Waals surface area (Å²) < 4.78 is 16.3. The van der Waals surface area contributed by atoms with E-state index in [-0.39, 0.29) is 43.7 Å². The van der Waals surface area contributed by atoms with Gasteiger partial charge in [0.25, 0.3) is 5.91 Å². The van der Waals surface area contributed by atoms with E-state index in [1.54, 1.807) is 30.0 Å². The number of aliphatic hydroxyl groups is 1. The summed E-state index contributed by atoms with van der Waals surface area (Å²) in [7, 11) is 1.46. The normalized spacial score (nSPS) is 13.5. The number of para-hydroxylation sites is 1. The van der Waals surface area contributed by atoms with Gasteiger partial charge in [-0.3, -0.25) is 14.5 Å². The van der Waals surface area contributed by atoms with Gasteiger partial charge in [-0.25, -0.2) is 0 Å². The van der Waals surface area contributed by atoms with Crippen molar-refractivity contribution in [3.63, 3.8) is 0 Å². The van der Waals surface area contributed by atoms with E-state index in [0.717, 1.165) is 5.56 Å². The predicted octanol–water partition coefficient (Wildman–Crippen LogP) is 1.95. The lowest BCUT2D eigenvalue weighted by Crippen LogP contribution is -2.40. The van der Waals surface area contributed by atoms with Gasteiger partial charge in [0.1, 0.15) is 24.7 Å². The molecular weight excluding hydrogens is 428 g/mol. The monoisotopic (exact) mass is 452 g/mol. The zero-order valence-electron chi connectivity index (χ0n) is 18.4. The zero-order chi connectivity index (χ0) is 23.4. The van der Waals surface area contributed by atoms with Crippen molar-refractivity contribution in [2.24, 2.45) is 0 Å². The number of aromatic nitrogens is 2. The molecule has 33 heavy (non-hydrogen) atoms. The van der Waals surface area contributed by atoms with E-state index < -0.39 is 0 Å². The molecule has 0 spiro atoms. The van der Waals surface area contributed by atoms with Crippen LogP contribution in [0.3, 0.4) is 0 Å². The standard InChI is InChI=1S/C23H24N4O6/c1-15-24-25-21(33-15)13-26-12-16-5-3-4-6-19(16)27(14-22(26)29)23(30)18-8-7-17(32-10-9-28)11-20(18)31-2/h3-8,11,28H,9-10,12-14H2,1-2H3. The molecule has 172 valence electrons. The first-order valence-corrected chi connectivity index (χ1v) is 10.4. The number of amides is 2. The lowest BCUT2D eigenvalue weighted by atomic mass is 10.1. The summed E-state index contributed by atoms with van der Waals surface area (Å²) in [4.78, 5) is 29.8. The molecule has 0 unspecified atom stereocenters. The SMILES string of the molecule is COc1cc(OCCO)ccc1C(=O)N1CC(=O)N(Cc2nnc(C)o2)Cc2ccccc21. The average molecular weight is 452 g/mol. The Kier molecular flexibility index (Phi) is 6.55. The first-order chi connectivity index (χ1) is 16.0. The van der Waals surface area contributed by atoms with Gasteiger partial charge in [0.15, 0.2) is 0 Å². The van der Waals surface area contributed by atoms with E-state index in [4.69, 9.17) is 19.0 Å². The van der Waals surface area contributed by atoms with E-state index in [2.05, 4.69) is 10.2 Å². The Morgan fingerprint density at radius 2 is 2.00 bits per heavy atom. The maximum atomic E-state index is 13.6. The Hall–Kier alpha value is -3.92. The maximum Gasteiger partial charge on any atom is 0.262 e. The van der Waals surface area contributed by atoms with Crippen LogP contribution < -0.4 is 14.4 Å². The number of aliphatic hydroxyl groups excluding tert-OH is 1. The highest BCUT2D eigenvalue weighted by Crippen LogP contribution is 2.31. The number of carbonyl (C=O) groups excluding carboxylic acids is 2.